The molecule has 9 heteroatoms. The number of anilines is 2. The number of hydrogen-bond acceptors (Lipinski definition) is 6. The number of nitrogens with two attached hydrogens (primary N) is 1. The van der Waals surface area contributed by atoms with Crippen molar-refractivity contribution in [3.63, 3.8) is 0 Å². The van der Waals surface area contributed by atoms with Gasteiger partial charge in [-0.05, 0) is 37.3 Å². The summed E-state index contributed by atoms with van der Waals surface area (Å²) >= 11 is 6.34. The number of nitrogens with one attached hydrogen (secondary N) is 1. The third-order valence-corrected chi connectivity index (χ3v) is 6.05. The number of azo groups is 1. The van der Waals surface area contributed by atoms with Gasteiger partial charge in [-0.1, -0.05) is 59.6 Å². The van der Waals surface area contributed by atoms with E-state index in [1.54, 1.807) is 18.0 Å². The first-order valence-corrected chi connectivity index (χ1v) is 11.3. The van der Waals surface area contributed by atoms with Gasteiger partial charge in [0, 0.05) is 23.2 Å². The van der Waals surface area contributed by atoms with Crippen LogP contribution in [-0.2, 0) is 4.79 Å². The van der Waals surface area contributed by atoms with Gasteiger partial charge in [0.15, 0.2) is 17.5 Å². The maximum Gasteiger partial charge on any atom is 0.257 e. The minimum Gasteiger partial charge on any atom is -0.380 e. The lowest BCUT2D eigenvalue weighted by atomic mass is 10.0. The highest BCUT2D eigenvalue weighted by atomic mass is 35.5. The van der Waals surface area contributed by atoms with E-state index in [0.717, 1.165) is 16.7 Å². The number of benzene rings is 3. The number of nitrogens with zero attached hydrogens (tertiary/aromatic N) is 5. The fraction of sp³-hybridized carbons (Fsp3) is 0.115. The molecule has 1 atom stereocenters. The number of halogens is 1. The number of benzodiazepines with no additional fused rings is 1. The number of aryl methyl sites for hydroxylation is 1. The third-order valence-electron chi connectivity index (χ3n) is 5.81. The molecule has 0 bridgehead atoms. The van der Waals surface area contributed by atoms with E-state index in [9.17, 15) is 4.79 Å². The summed E-state index contributed by atoms with van der Waals surface area (Å²) in [4.78, 5) is 20.1. The first kappa shape index (κ1) is 22.5. The molecule has 1 amide bonds. The summed E-state index contributed by atoms with van der Waals surface area (Å²) in [5, 5.41) is 16.2. The third kappa shape index (κ3) is 4.31. The molecule has 8 nitrogen and oxygen atoms in total. The first-order valence-electron chi connectivity index (χ1n) is 10.9. The molecule has 2 heterocycles. The van der Waals surface area contributed by atoms with Crippen molar-refractivity contribution in [2.45, 2.75) is 13.0 Å². The Balaban J connectivity index is 1.66. The summed E-state index contributed by atoms with van der Waals surface area (Å²) in [5.41, 5.74) is 11.4. The van der Waals surface area contributed by atoms with Gasteiger partial charge >= 0.3 is 0 Å². The fourth-order valence-corrected chi connectivity index (χ4v) is 4.11. The van der Waals surface area contributed by atoms with Crippen LogP contribution in [0.1, 0.15) is 28.4 Å². The minimum atomic E-state index is -0.974. The number of fused-ring (bicyclic) bond motifs is 1. The molecule has 1 aromatic heterocycles. The second-order valence-electron chi connectivity index (χ2n) is 8.21. The molecule has 0 aliphatic carbocycles. The van der Waals surface area contributed by atoms with Crippen LogP contribution in [0.15, 0.2) is 88.0 Å². The fourth-order valence-electron chi connectivity index (χ4n) is 3.94. The Morgan fingerprint density at radius 1 is 1.03 bits per heavy atom. The van der Waals surface area contributed by atoms with Crippen molar-refractivity contribution in [3.8, 4) is 0 Å². The number of aromatic amines is 1. The predicted octanol–water partition coefficient (Wildman–Crippen LogP) is 5.92. The van der Waals surface area contributed by atoms with Gasteiger partial charge in [0.05, 0.1) is 22.8 Å². The molecular formula is C26H22ClN7O. The van der Waals surface area contributed by atoms with E-state index < -0.39 is 6.04 Å². The molecule has 0 radical (unpaired) electrons. The molecule has 1 aliphatic heterocycles. The number of rotatable bonds is 4. The molecule has 5 rings (SSSR count). The molecule has 0 saturated carbocycles. The standard InChI is InChI=1S/C26H22ClN7O/c1-15-8-11-18(12-9-15)30-32-23-22(31-33-25(23)28)24-26(35)34(2)20-13-10-17(27)14-19(20)21(29-24)16-6-4-3-5-7-16/h3-14,24H,1-2H3,(H3,28,31,33). The van der Waals surface area contributed by atoms with Crippen molar-refractivity contribution in [2.24, 2.45) is 15.2 Å². The SMILES string of the molecule is Cc1ccc(N=Nc2c(N)n[nH]c2C2N=C(c3ccccc3)c3cc(Cl)ccc3N(C)C2=O)cc1. The highest BCUT2D eigenvalue weighted by Crippen LogP contribution is 2.38. The van der Waals surface area contributed by atoms with Crippen LogP contribution in [0.3, 0.4) is 0 Å². The van der Waals surface area contributed by atoms with Gasteiger partial charge in [-0.2, -0.15) is 10.2 Å². The summed E-state index contributed by atoms with van der Waals surface area (Å²) in [6.07, 6.45) is 0. The summed E-state index contributed by atoms with van der Waals surface area (Å²) in [6, 6.07) is 21.6. The topological polar surface area (TPSA) is 112 Å². The molecule has 35 heavy (non-hydrogen) atoms. The van der Waals surface area contributed by atoms with E-state index in [-0.39, 0.29) is 17.4 Å². The van der Waals surface area contributed by atoms with E-state index in [1.165, 1.54) is 0 Å². The average molecular weight is 484 g/mol. The molecule has 4 aromatic rings. The zero-order valence-electron chi connectivity index (χ0n) is 19.1. The van der Waals surface area contributed by atoms with Crippen LogP contribution in [0, 0.1) is 6.92 Å². The van der Waals surface area contributed by atoms with Crippen LogP contribution < -0.4 is 10.6 Å². The normalized spacial score (nSPS) is 15.7. The van der Waals surface area contributed by atoms with Crippen molar-refractivity contribution >= 4 is 46.1 Å². The summed E-state index contributed by atoms with van der Waals surface area (Å²) in [5.74, 6) is -0.137. The predicted molar refractivity (Wildman–Crippen MR) is 138 cm³/mol. The van der Waals surface area contributed by atoms with Gasteiger partial charge in [-0.3, -0.25) is 14.9 Å². The molecule has 174 valence electrons. The minimum absolute atomic E-state index is 0.132. The van der Waals surface area contributed by atoms with Gasteiger partial charge in [-0.25, -0.2) is 0 Å². The van der Waals surface area contributed by atoms with Crippen molar-refractivity contribution in [2.75, 3.05) is 17.7 Å². The van der Waals surface area contributed by atoms with Crippen LogP contribution in [0.5, 0.6) is 0 Å². The Hall–Kier alpha value is -4.30. The van der Waals surface area contributed by atoms with Gasteiger partial charge in [0.2, 0.25) is 0 Å². The lowest BCUT2D eigenvalue weighted by Crippen LogP contribution is -2.30. The Morgan fingerprint density at radius 2 is 1.77 bits per heavy atom. The van der Waals surface area contributed by atoms with Crippen LogP contribution in [0.2, 0.25) is 5.02 Å². The van der Waals surface area contributed by atoms with Gasteiger partial charge in [0.25, 0.3) is 5.91 Å². The summed E-state index contributed by atoms with van der Waals surface area (Å²) in [6.45, 7) is 1.99. The molecule has 0 fully saturated rings. The highest BCUT2D eigenvalue weighted by Gasteiger charge is 2.34. The Labute approximate surface area is 207 Å². The molecular weight excluding hydrogens is 462 g/mol. The van der Waals surface area contributed by atoms with Crippen molar-refractivity contribution < 1.29 is 4.79 Å². The van der Waals surface area contributed by atoms with Crippen LogP contribution in [0.25, 0.3) is 0 Å². The van der Waals surface area contributed by atoms with E-state index >= 15 is 0 Å². The Morgan fingerprint density at radius 3 is 2.51 bits per heavy atom. The second kappa shape index (κ2) is 9.15. The number of likely N-dealkylation sites (N-methyl/N-ethyl adjacent to an activating group) is 1. The van der Waals surface area contributed by atoms with Gasteiger partial charge in [0.1, 0.15) is 0 Å². The molecule has 1 aliphatic rings. The van der Waals surface area contributed by atoms with Crippen LogP contribution in [-0.4, -0.2) is 28.9 Å². The lowest BCUT2D eigenvalue weighted by Gasteiger charge is -2.20. The van der Waals surface area contributed by atoms with Gasteiger partial charge in [-0.15, -0.1) is 5.11 Å². The Kier molecular flexibility index (Phi) is 5.88. The molecule has 0 saturated heterocycles. The number of hydrogen-bond donors (Lipinski definition) is 2. The summed E-state index contributed by atoms with van der Waals surface area (Å²) < 4.78 is 0. The first-order chi connectivity index (χ1) is 16.9. The monoisotopic (exact) mass is 483 g/mol. The highest BCUT2D eigenvalue weighted by molar-refractivity contribution is 6.32. The molecule has 3 N–H and O–H groups in total. The molecule has 0 spiro atoms. The van der Waals surface area contributed by atoms with E-state index in [1.807, 2.05) is 73.7 Å². The average Bonchev–Trinajstić information content (AvgIpc) is 3.19. The largest absolute Gasteiger partial charge is 0.380 e. The van der Waals surface area contributed by atoms with Crippen molar-refractivity contribution in [3.05, 3.63) is 100 Å². The second-order valence-corrected chi connectivity index (χ2v) is 8.65. The number of carbonyl (C=O) groups excluding carboxylic acids is 1. The smallest absolute Gasteiger partial charge is 0.257 e. The molecule has 1 unspecified atom stereocenters. The van der Waals surface area contributed by atoms with Crippen LogP contribution in [0.4, 0.5) is 22.9 Å². The zero-order valence-corrected chi connectivity index (χ0v) is 19.9. The number of aromatic nitrogens is 2. The zero-order chi connectivity index (χ0) is 24.5. The van der Waals surface area contributed by atoms with Gasteiger partial charge < -0.3 is 10.6 Å². The van der Waals surface area contributed by atoms with Crippen molar-refractivity contribution in [1.82, 2.24) is 10.2 Å². The number of carbonyl (C=O) groups is 1. The number of nitrogen functional groups attached to an aromatic ring is 1. The lowest BCUT2D eigenvalue weighted by molar-refractivity contribution is -0.119. The number of aliphatic imine (C=N–C) groups is 1. The van der Waals surface area contributed by atoms with E-state index in [4.69, 9.17) is 22.3 Å². The van der Waals surface area contributed by atoms with E-state index in [0.29, 0.717) is 27.8 Å². The quantitative estimate of drug-likeness (QED) is 0.351. The van der Waals surface area contributed by atoms with Crippen molar-refractivity contribution in [1.29, 1.82) is 0 Å². The van der Waals surface area contributed by atoms with Crippen LogP contribution >= 0.6 is 11.6 Å². The summed E-state index contributed by atoms with van der Waals surface area (Å²) in [7, 11) is 1.71. The number of amides is 1. The number of H-pyrrole nitrogens is 1. The van der Waals surface area contributed by atoms with E-state index in [2.05, 4.69) is 20.4 Å². The maximum atomic E-state index is 13.7. The Bertz CT molecular complexity index is 1460. The molecule has 3 aromatic carbocycles. The maximum absolute atomic E-state index is 13.7.